The molecule has 0 bridgehead atoms. The molecule has 0 amide bonds. The Morgan fingerprint density at radius 3 is 2.55 bits per heavy atom. The van der Waals surface area contributed by atoms with Gasteiger partial charge in [0, 0.05) is 6.54 Å². The number of carboxylic acids is 1. The summed E-state index contributed by atoms with van der Waals surface area (Å²) in [6.07, 6.45) is -2.93. The summed E-state index contributed by atoms with van der Waals surface area (Å²) in [6, 6.07) is 0. The predicted molar refractivity (Wildman–Crippen MR) is 67.9 cm³/mol. The Labute approximate surface area is 118 Å². The van der Waals surface area contributed by atoms with Gasteiger partial charge in [-0.3, -0.25) is 0 Å². The number of aliphatic hydroxyl groups is 1. The second-order valence-corrected chi connectivity index (χ2v) is 6.61. The molecular weight excluding hydrogens is 316 g/mol. The van der Waals surface area contributed by atoms with Crippen molar-refractivity contribution < 1.29 is 32.2 Å². The first kappa shape index (κ1) is 17.0. The standard InChI is InChI=1S/C10H13F2NO5S2/c1-6-5-19-8(10(15)16)9(6)20(17,18)13(2-3-14)4-7(11)12/h5,7,14H,2-4H2,1H3,(H,15,16). The van der Waals surface area contributed by atoms with Crippen LogP contribution < -0.4 is 0 Å². The summed E-state index contributed by atoms with van der Waals surface area (Å²) in [5.41, 5.74) is 0.171. The average molecular weight is 329 g/mol. The van der Waals surface area contributed by atoms with Crippen LogP contribution in [-0.4, -0.2) is 55.0 Å². The van der Waals surface area contributed by atoms with E-state index in [1.54, 1.807) is 0 Å². The van der Waals surface area contributed by atoms with Crippen LogP contribution >= 0.6 is 11.3 Å². The Balaban J connectivity index is 3.33. The molecule has 0 saturated heterocycles. The molecule has 2 N–H and O–H groups in total. The van der Waals surface area contributed by atoms with Gasteiger partial charge >= 0.3 is 5.97 Å². The highest BCUT2D eigenvalue weighted by Crippen LogP contribution is 2.29. The van der Waals surface area contributed by atoms with Gasteiger partial charge in [0.1, 0.15) is 9.77 Å². The Kier molecular flexibility index (Phi) is 5.57. The van der Waals surface area contributed by atoms with E-state index in [1.165, 1.54) is 12.3 Å². The second-order valence-electron chi connectivity index (χ2n) is 3.86. The first-order valence-electron chi connectivity index (χ1n) is 5.42. The molecule has 0 saturated carbocycles. The molecule has 0 unspecified atom stereocenters. The van der Waals surface area contributed by atoms with Crippen molar-refractivity contribution >= 4 is 27.3 Å². The van der Waals surface area contributed by atoms with Crippen molar-refractivity contribution in [3.05, 3.63) is 15.8 Å². The van der Waals surface area contributed by atoms with Crippen LogP contribution in [0.1, 0.15) is 15.2 Å². The zero-order valence-corrected chi connectivity index (χ0v) is 12.0. The van der Waals surface area contributed by atoms with E-state index in [-0.39, 0.29) is 5.56 Å². The van der Waals surface area contributed by atoms with Gasteiger partial charge in [-0.05, 0) is 17.9 Å². The number of carbonyl (C=O) groups is 1. The zero-order chi connectivity index (χ0) is 15.5. The van der Waals surface area contributed by atoms with Crippen molar-refractivity contribution in [3.63, 3.8) is 0 Å². The van der Waals surface area contributed by atoms with Crippen LogP contribution in [-0.2, 0) is 10.0 Å². The van der Waals surface area contributed by atoms with Crippen LogP contribution in [0.15, 0.2) is 10.3 Å². The molecule has 20 heavy (non-hydrogen) atoms. The second kappa shape index (κ2) is 6.57. The quantitative estimate of drug-likeness (QED) is 0.778. The van der Waals surface area contributed by atoms with Gasteiger partial charge in [0.15, 0.2) is 0 Å². The number of rotatable bonds is 7. The van der Waals surface area contributed by atoms with Gasteiger partial charge in [-0.2, -0.15) is 4.31 Å². The molecule has 10 heteroatoms. The number of sulfonamides is 1. The number of nitrogens with zero attached hydrogens (tertiary/aromatic N) is 1. The van der Waals surface area contributed by atoms with Gasteiger partial charge < -0.3 is 10.2 Å². The molecule has 6 nitrogen and oxygen atoms in total. The lowest BCUT2D eigenvalue weighted by molar-refractivity contribution is 0.0698. The van der Waals surface area contributed by atoms with E-state index >= 15 is 0 Å². The van der Waals surface area contributed by atoms with Gasteiger partial charge in [-0.25, -0.2) is 22.0 Å². The van der Waals surface area contributed by atoms with Crippen molar-refractivity contribution in [1.82, 2.24) is 4.31 Å². The van der Waals surface area contributed by atoms with Crippen LogP contribution in [0.4, 0.5) is 8.78 Å². The molecule has 0 spiro atoms. The van der Waals surface area contributed by atoms with E-state index in [4.69, 9.17) is 10.2 Å². The molecule has 0 aliphatic heterocycles. The molecule has 0 aliphatic rings. The van der Waals surface area contributed by atoms with Crippen molar-refractivity contribution in [1.29, 1.82) is 0 Å². The molecule has 1 aromatic rings. The third-order valence-electron chi connectivity index (χ3n) is 2.40. The molecule has 114 valence electrons. The van der Waals surface area contributed by atoms with Crippen molar-refractivity contribution in [2.45, 2.75) is 18.2 Å². The first-order valence-corrected chi connectivity index (χ1v) is 7.74. The minimum atomic E-state index is -4.40. The van der Waals surface area contributed by atoms with Crippen LogP contribution in [0.2, 0.25) is 0 Å². The van der Waals surface area contributed by atoms with Crippen molar-refractivity contribution in [2.75, 3.05) is 19.7 Å². The van der Waals surface area contributed by atoms with Gasteiger partial charge in [0.25, 0.3) is 6.43 Å². The highest BCUT2D eigenvalue weighted by Gasteiger charge is 2.33. The number of aromatic carboxylic acids is 1. The van der Waals surface area contributed by atoms with E-state index in [9.17, 15) is 22.0 Å². The molecule has 1 aromatic heterocycles. The lowest BCUT2D eigenvalue weighted by atomic mass is 10.3. The topological polar surface area (TPSA) is 94.9 Å². The summed E-state index contributed by atoms with van der Waals surface area (Å²) < 4.78 is 49.8. The maximum atomic E-state index is 12.4. The summed E-state index contributed by atoms with van der Waals surface area (Å²) in [4.78, 5) is 10.1. The maximum Gasteiger partial charge on any atom is 0.347 e. The van der Waals surface area contributed by atoms with Crippen molar-refractivity contribution in [3.8, 4) is 0 Å². The fourth-order valence-electron chi connectivity index (χ4n) is 1.61. The molecule has 0 fully saturated rings. The lowest BCUT2D eigenvalue weighted by Crippen LogP contribution is -2.37. The SMILES string of the molecule is Cc1csc(C(=O)O)c1S(=O)(=O)N(CCO)CC(F)F. The van der Waals surface area contributed by atoms with Gasteiger partial charge in [-0.1, -0.05) is 0 Å². The number of aryl methyl sites for hydroxylation is 1. The molecule has 0 aromatic carbocycles. The lowest BCUT2D eigenvalue weighted by Gasteiger charge is -2.21. The van der Waals surface area contributed by atoms with Crippen LogP contribution in [0.25, 0.3) is 0 Å². The van der Waals surface area contributed by atoms with E-state index in [2.05, 4.69) is 0 Å². The zero-order valence-electron chi connectivity index (χ0n) is 10.4. The van der Waals surface area contributed by atoms with Crippen LogP contribution in [0.3, 0.4) is 0 Å². The minimum absolute atomic E-state index is 0.171. The number of hydrogen-bond donors (Lipinski definition) is 2. The molecular formula is C10H13F2NO5S2. The number of carboxylic acid groups (broad SMARTS) is 1. The van der Waals surface area contributed by atoms with Crippen LogP contribution in [0.5, 0.6) is 0 Å². The van der Waals surface area contributed by atoms with Crippen molar-refractivity contribution in [2.24, 2.45) is 0 Å². The Morgan fingerprint density at radius 2 is 2.10 bits per heavy atom. The fourth-order valence-corrected chi connectivity index (χ4v) is 4.60. The summed E-state index contributed by atoms with van der Waals surface area (Å²) >= 11 is 0.710. The number of thiophene rings is 1. The van der Waals surface area contributed by atoms with E-state index in [1.807, 2.05) is 0 Å². The van der Waals surface area contributed by atoms with E-state index in [0.717, 1.165) is 0 Å². The molecule has 0 aliphatic carbocycles. The third-order valence-corrected chi connectivity index (χ3v) is 5.67. The highest BCUT2D eigenvalue weighted by atomic mass is 32.2. The molecule has 0 atom stereocenters. The summed E-state index contributed by atoms with van der Waals surface area (Å²) in [5, 5.41) is 19.1. The minimum Gasteiger partial charge on any atom is -0.477 e. The number of halogens is 2. The number of hydrogen-bond acceptors (Lipinski definition) is 5. The van der Waals surface area contributed by atoms with E-state index in [0.29, 0.717) is 15.6 Å². The summed E-state index contributed by atoms with van der Waals surface area (Å²) in [5.74, 6) is -1.44. The van der Waals surface area contributed by atoms with Gasteiger partial charge in [-0.15, -0.1) is 11.3 Å². The Hall–Kier alpha value is -1.10. The highest BCUT2D eigenvalue weighted by molar-refractivity contribution is 7.89. The Bertz CT molecular complexity index is 584. The van der Waals surface area contributed by atoms with Gasteiger partial charge in [0.2, 0.25) is 10.0 Å². The average Bonchev–Trinajstić information content (AvgIpc) is 2.70. The van der Waals surface area contributed by atoms with Crippen LogP contribution in [0, 0.1) is 6.92 Å². The first-order chi connectivity index (χ1) is 9.21. The van der Waals surface area contributed by atoms with Gasteiger partial charge in [0.05, 0.1) is 13.2 Å². The molecule has 1 heterocycles. The molecule has 0 radical (unpaired) electrons. The summed E-state index contributed by atoms with van der Waals surface area (Å²) in [6.45, 7) is -0.884. The smallest absolute Gasteiger partial charge is 0.347 e. The number of alkyl halides is 2. The number of aliphatic hydroxyl groups excluding tert-OH is 1. The molecule has 1 rings (SSSR count). The predicted octanol–water partition coefficient (Wildman–Crippen LogP) is 1.00. The summed E-state index contributed by atoms with van der Waals surface area (Å²) in [7, 11) is -4.40. The maximum absolute atomic E-state index is 12.4. The Morgan fingerprint density at radius 1 is 1.50 bits per heavy atom. The third kappa shape index (κ3) is 3.51. The monoisotopic (exact) mass is 329 g/mol. The van der Waals surface area contributed by atoms with E-state index < -0.39 is 51.9 Å². The largest absolute Gasteiger partial charge is 0.477 e. The fraction of sp³-hybridized carbons (Fsp3) is 0.500. The normalized spacial score (nSPS) is 12.3.